The number of hydrogen-bond acceptors (Lipinski definition) is 2. The van der Waals surface area contributed by atoms with Crippen LogP contribution in [0.5, 0.6) is 5.75 Å². The Bertz CT molecular complexity index is 361. The Labute approximate surface area is 115 Å². The van der Waals surface area contributed by atoms with Crippen molar-refractivity contribution in [2.24, 2.45) is 0 Å². The predicted octanol–water partition coefficient (Wildman–Crippen LogP) is 2.45. The summed E-state index contributed by atoms with van der Waals surface area (Å²) in [5, 5.41) is 4.13. The van der Waals surface area contributed by atoms with E-state index < -0.39 is 0 Å². The zero-order valence-electron chi connectivity index (χ0n) is 11.4. The molecule has 0 aliphatic carbocycles. The van der Waals surface area contributed by atoms with Gasteiger partial charge >= 0.3 is 0 Å². The maximum atomic E-state index is 5.32. The van der Waals surface area contributed by atoms with E-state index in [1.165, 1.54) is 5.56 Å². The lowest BCUT2D eigenvalue weighted by Gasteiger charge is -2.22. The normalized spacial score (nSPS) is 9.94. The van der Waals surface area contributed by atoms with Crippen LogP contribution in [0.1, 0.15) is 19.4 Å². The minimum Gasteiger partial charge on any atom is -0.497 e. The van der Waals surface area contributed by atoms with Crippen LogP contribution in [0.4, 0.5) is 0 Å². The van der Waals surface area contributed by atoms with Crippen LogP contribution in [-0.2, 0) is 6.42 Å². The molecule has 1 aromatic carbocycles. The average molecular weight is 266 g/mol. The van der Waals surface area contributed by atoms with E-state index in [9.17, 15) is 0 Å². The Morgan fingerprint density at radius 3 is 2.33 bits per heavy atom. The Morgan fingerprint density at radius 1 is 1.22 bits per heavy atom. The van der Waals surface area contributed by atoms with Crippen LogP contribution in [-0.4, -0.2) is 36.8 Å². The van der Waals surface area contributed by atoms with Gasteiger partial charge < -0.3 is 15.0 Å². The molecular weight excluding hydrogens is 244 g/mol. The van der Waals surface area contributed by atoms with Gasteiger partial charge in [0.15, 0.2) is 5.11 Å². The number of benzene rings is 1. The molecule has 4 heteroatoms. The molecule has 0 radical (unpaired) electrons. The highest BCUT2D eigenvalue weighted by molar-refractivity contribution is 7.80. The Morgan fingerprint density at radius 2 is 1.83 bits per heavy atom. The van der Waals surface area contributed by atoms with E-state index >= 15 is 0 Å². The summed E-state index contributed by atoms with van der Waals surface area (Å²) in [4.78, 5) is 2.14. The Hall–Kier alpha value is -1.29. The second kappa shape index (κ2) is 7.93. The molecule has 0 bridgehead atoms. The first kappa shape index (κ1) is 14.8. The molecule has 100 valence electrons. The van der Waals surface area contributed by atoms with Gasteiger partial charge in [0.1, 0.15) is 5.75 Å². The van der Waals surface area contributed by atoms with Crippen molar-refractivity contribution in [2.75, 3.05) is 26.7 Å². The number of hydrogen-bond donors (Lipinski definition) is 1. The van der Waals surface area contributed by atoms with Gasteiger partial charge in [-0.1, -0.05) is 12.1 Å². The van der Waals surface area contributed by atoms with Crippen molar-refractivity contribution in [3.05, 3.63) is 29.8 Å². The van der Waals surface area contributed by atoms with Gasteiger partial charge in [0.25, 0.3) is 0 Å². The van der Waals surface area contributed by atoms with Crippen LogP contribution < -0.4 is 10.1 Å². The SMILES string of the molecule is CCN(CC)C(=S)NCCc1ccc(OC)cc1. The van der Waals surface area contributed by atoms with E-state index in [0.29, 0.717) is 0 Å². The van der Waals surface area contributed by atoms with Gasteiger partial charge in [-0.3, -0.25) is 0 Å². The fraction of sp³-hybridized carbons (Fsp3) is 0.500. The van der Waals surface area contributed by atoms with E-state index in [-0.39, 0.29) is 0 Å². The molecule has 0 aliphatic rings. The lowest BCUT2D eigenvalue weighted by Crippen LogP contribution is -2.40. The largest absolute Gasteiger partial charge is 0.497 e. The molecule has 1 aromatic rings. The molecule has 0 saturated heterocycles. The summed E-state index contributed by atoms with van der Waals surface area (Å²) in [6.45, 7) is 6.99. The highest BCUT2D eigenvalue weighted by atomic mass is 32.1. The van der Waals surface area contributed by atoms with E-state index in [2.05, 4.69) is 36.2 Å². The Balaban J connectivity index is 2.34. The minimum absolute atomic E-state index is 0.841. The molecule has 0 aliphatic heterocycles. The molecule has 3 nitrogen and oxygen atoms in total. The van der Waals surface area contributed by atoms with Crippen LogP contribution in [0.25, 0.3) is 0 Å². The van der Waals surface area contributed by atoms with E-state index in [0.717, 1.165) is 36.9 Å². The van der Waals surface area contributed by atoms with Gasteiger partial charge in [0.05, 0.1) is 7.11 Å². The summed E-state index contributed by atoms with van der Waals surface area (Å²) >= 11 is 5.32. The summed E-state index contributed by atoms with van der Waals surface area (Å²) in [5.41, 5.74) is 1.28. The smallest absolute Gasteiger partial charge is 0.168 e. The zero-order chi connectivity index (χ0) is 13.4. The average Bonchev–Trinajstić information content (AvgIpc) is 2.41. The number of ether oxygens (including phenoxy) is 1. The first-order chi connectivity index (χ1) is 8.71. The van der Waals surface area contributed by atoms with Crippen LogP contribution in [0.3, 0.4) is 0 Å². The molecule has 0 atom stereocenters. The molecule has 0 unspecified atom stereocenters. The quantitative estimate of drug-likeness (QED) is 0.799. The molecule has 0 fully saturated rings. The van der Waals surface area contributed by atoms with E-state index in [1.54, 1.807) is 7.11 Å². The first-order valence-corrected chi connectivity index (χ1v) is 6.77. The second-order valence-corrected chi connectivity index (χ2v) is 4.39. The van der Waals surface area contributed by atoms with Crippen LogP contribution in [0.15, 0.2) is 24.3 Å². The molecule has 18 heavy (non-hydrogen) atoms. The molecule has 1 rings (SSSR count). The number of methoxy groups -OCH3 is 1. The maximum Gasteiger partial charge on any atom is 0.168 e. The number of rotatable bonds is 6. The highest BCUT2D eigenvalue weighted by Gasteiger charge is 2.03. The van der Waals surface area contributed by atoms with Crippen molar-refractivity contribution in [3.8, 4) is 5.75 Å². The summed E-state index contributed by atoms with van der Waals surface area (Å²) < 4.78 is 5.13. The zero-order valence-corrected chi connectivity index (χ0v) is 12.2. The third kappa shape index (κ3) is 4.53. The van der Waals surface area contributed by atoms with Gasteiger partial charge in [0, 0.05) is 19.6 Å². The number of thiocarbonyl (C=S) groups is 1. The maximum absolute atomic E-state index is 5.32. The molecule has 1 N–H and O–H groups in total. The second-order valence-electron chi connectivity index (χ2n) is 4.00. The standard InChI is InChI=1S/C14H22N2OS/c1-4-16(5-2)14(18)15-11-10-12-6-8-13(17-3)9-7-12/h6-9H,4-5,10-11H2,1-3H3,(H,15,18). The van der Waals surface area contributed by atoms with Crippen LogP contribution in [0.2, 0.25) is 0 Å². The predicted molar refractivity (Wildman–Crippen MR) is 80.2 cm³/mol. The summed E-state index contributed by atoms with van der Waals surface area (Å²) in [6, 6.07) is 8.14. The van der Waals surface area contributed by atoms with Gasteiger partial charge in [-0.15, -0.1) is 0 Å². The fourth-order valence-corrected chi connectivity index (χ4v) is 2.09. The summed E-state index contributed by atoms with van der Waals surface area (Å²) in [7, 11) is 1.68. The van der Waals surface area contributed by atoms with Crippen molar-refractivity contribution < 1.29 is 4.74 Å². The van der Waals surface area contributed by atoms with Gasteiger partial charge in [0.2, 0.25) is 0 Å². The monoisotopic (exact) mass is 266 g/mol. The lowest BCUT2D eigenvalue weighted by molar-refractivity contribution is 0.414. The number of nitrogens with one attached hydrogen (secondary N) is 1. The Kier molecular flexibility index (Phi) is 6.50. The highest BCUT2D eigenvalue weighted by Crippen LogP contribution is 2.11. The van der Waals surface area contributed by atoms with Crippen molar-refractivity contribution in [1.82, 2.24) is 10.2 Å². The molecule has 0 saturated carbocycles. The third-order valence-corrected chi connectivity index (χ3v) is 3.30. The first-order valence-electron chi connectivity index (χ1n) is 6.37. The summed E-state index contributed by atoms with van der Waals surface area (Å²) in [5.74, 6) is 0.894. The molecule has 0 heterocycles. The van der Waals surface area contributed by atoms with Gasteiger partial charge in [-0.05, 0) is 50.2 Å². The third-order valence-electron chi connectivity index (χ3n) is 2.90. The van der Waals surface area contributed by atoms with Crippen LogP contribution in [0, 0.1) is 0 Å². The van der Waals surface area contributed by atoms with Crippen molar-refractivity contribution in [3.63, 3.8) is 0 Å². The number of nitrogens with zero attached hydrogens (tertiary/aromatic N) is 1. The van der Waals surface area contributed by atoms with Gasteiger partial charge in [-0.25, -0.2) is 0 Å². The van der Waals surface area contributed by atoms with Crippen molar-refractivity contribution in [2.45, 2.75) is 20.3 Å². The van der Waals surface area contributed by atoms with Crippen molar-refractivity contribution >= 4 is 17.3 Å². The molecule has 0 amide bonds. The minimum atomic E-state index is 0.841. The molecular formula is C14H22N2OS. The topological polar surface area (TPSA) is 24.5 Å². The van der Waals surface area contributed by atoms with Crippen LogP contribution >= 0.6 is 12.2 Å². The lowest BCUT2D eigenvalue weighted by atomic mass is 10.1. The molecule has 0 aromatic heterocycles. The van der Waals surface area contributed by atoms with E-state index in [4.69, 9.17) is 17.0 Å². The fourth-order valence-electron chi connectivity index (χ4n) is 1.73. The molecule has 0 spiro atoms. The summed E-state index contributed by atoms with van der Waals surface area (Å²) in [6.07, 6.45) is 0.964. The van der Waals surface area contributed by atoms with Crippen molar-refractivity contribution in [1.29, 1.82) is 0 Å². The van der Waals surface area contributed by atoms with E-state index in [1.807, 2.05) is 12.1 Å². The van der Waals surface area contributed by atoms with Gasteiger partial charge in [-0.2, -0.15) is 0 Å².